The highest BCUT2D eigenvalue weighted by atomic mass is 19.2. The van der Waals surface area contributed by atoms with E-state index < -0.39 is 23.3 Å². The van der Waals surface area contributed by atoms with Gasteiger partial charge in [0.25, 0.3) is 0 Å². The summed E-state index contributed by atoms with van der Waals surface area (Å²) in [6, 6.07) is 18.4. The molecule has 0 aliphatic carbocycles. The monoisotopic (exact) mass is 468 g/mol. The van der Waals surface area contributed by atoms with Crippen molar-refractivity contribution in [2.45, 2.75) is 13.2 Å². The summed E-state index contributed by atoms with van der Waals surface area (Å²) in [6.45, 7) is -0.197. The van der Waals surface area contributed by atoms with Crippen molar-refractivity contribution < 1.29 is 32.1 Å². The molecule has 0 bridgehead atoms. The minimum Gasteiger partial charge on any atom is -0.494 e. The first-order valence-corrected chi connectivity index (χ1v) is 10.3. The van der Waals surface area contributed by atoms with Gasteiger partial charge in [-0.05, 0) is 46.5 Å². The molecule has 0 saturated carbocycles. The number of halogens is 4. The SMILES string of the molecule is COc1ccc(-c2ccc(COc3ccc(-c4ccc(CO)cc4)c(F)c3F)cc2)c(F)c1F. The Morgan fingerprint density at radius 1 is 0.588 bits per heavy atom. The third-order valence-corrected chi connectivity index (χ3v) is 5.42. The molecule has 174 valence electrons. The lowest BCUT2D eigenvalue weighted by Crippen LogP contribution is -2.00. The van der Waals surface area contributed by atoms with Gasteiger partial charge in [-0.3, -0.25) is 0 Å². The number of aliphatic hydroxyl groups excluding tert-OH is 1. The maximum Gasteiger partial charge on any atom is 0.201 e. The van der Waals surface area contributed by atoms with E-state index in [1.165, 1.54) is 31.4 Å². The van der Waals surface area contributed by atoms with E-state index in [0.29, 0.717) is 22.3 Å². The van der Waals surface area contributed by atoms with Gasteiger partial charge in [0.1, 0.15) is 6.61 Å². The third kappa shape index (κ3) is 4.61. The van der Waals surface area contributed by atoms with Gasteiger partial charge in [0.15, 0.2) is 23.1 Å². The molecule has 0 unspecified atom stereocenters. The van der Waals surface area contributed by atoms with E-state index in [2.05, 4.69) is 0 Å². The Kier molecular flexibility index (Phi) is 6.84. The topological polar surface area (TPSA) is 38.7 Å². The fraction of sp³-hybridized carbons (Fsp3) is 0.111. The summed E-state index contributed by atoms with van der Waals surface area (Å²) >= 11 is 0. The van der Waals surface area contributed by atoms with Crippen LogP contribution < -0.4 is 9.47 Å². The summed E-state index contributed by atoms with van der Waals surface area (Å²) < 4.78 is 67.8. The van der Waals surface area contributed by atoms with Crippen LogP contribution in [0.2, 0.25) is 0 Å². The Morgan fingerprint density at radius 3 is 1.56 bits per heavy atom. The average Bonchev–Trinajstić information content (AvgIpc) is 2.87. The molecular weight excluding hydrogens is 448 g/mol. The number of aliphatic hydroxyl groups is 1. The first kappa shape index (κ1) is 23.3. The zero-order valence-electron chi connectivity index (χ0n) is 18.1. The first-order valence-electron chi connectivity index (χ1n) is 10.3. The molecule has 0 radical (unpaired) electrons. The number of hydrogen-bond donors (Lipinski definition) is 1. The smallest absolute Gasteiger partial charge is 0.201 e. The Labute approximate surface area is 193 Å². The second-order valence-electron chi connectivity index (χ2n) is 7.52. The van der Waals surface area contributed by atoms with Crippen LogP contribution in [0.5, 0.6) is 11.5 Å². The van der Waals surface area contributed by atoms with Crippen LogP contribution in [0.25, 0.3) is 22.3 Å². The molecule has 0 fully saturated rings. The van der Waals surface area contributed by atoms with Crippen LogP contribution >= 0.6 is 0 Å². The van der Waals surface area contributed by atoms with Crippen LogP contribution in [0, 0.1) is 23.3 Å². The van der Waals surface area contributed by atoms with E-state index in [0.717, 1.165) is 0 Å². The maximum absolute atomic E-state index is 14.6. The molecular formula is C27H20F4O3. The van der Waals surface area contributed by atoms with Crippen LogP contribution in [0.3, 0.4) is 0 Å². The zero-order chi connectivity index (χ0) is 24.2. The minimum absolute atomic E-state index is 0.0549. The molecule has 1 N–H and O–H groups in total. The second-order valence-corrected chi connectivity index (χ2v) is 7.52. The van der Waals surface area contributed by atoms with E-state index in [1.807, 2.05) is 0 Å². The molecule has 34 heavy (non-hydrogen) atoms. The molecule has 0 spiro atoms. The lowest BCUT2D eigenvalue weighted by molar-refractivity contribution is 0.282. The molecule has 0 atom stereocenters. The molecule has 0 aliphatic heterocycles. The molecule has 0 amide bonds. The van der Waals surface area contributed by atoms with Crippen LogP contribution in [0.1, 0.15) is 11.1 Å². The second kappa shape index (κ2) is 9.97. The van der Waals surface area contributed by atoms with Crippen LogP contribution in [-0.2, 0) is 13.2 Å². The first-order chi connectivity index (χ1) is 16.4. The van der Waals surface area contributed by atoms with Gasteiger partial charge >= 0.3 is 0 Å². The summed E-state index contributed by atoms with van der Waals surface area (Å²) in [5.74, 6) is -4.68. The molecule has 0 heterocycles. The molecule has 7 heteroatoms. The fourth-order valence-electron chi connectivity index (χ4n) is 3.51. The van der Waals surface area contributed by atoms with Gasteiger partial charge in [-0.1, -0.05) is 48.5 Å². The van der Waals surface area contributed by atoms with Crippen LogP contribution in [0.4, 0.5) is 17.6 Å². The molecule has 4 rings (SSSR count). The summed E-state index contributed by atoms with van der Waals surface area (Å²) in [5.41, 5.74) is 2.35. The predicted molar refractivity (Wildman–Crippen MR) is 120 cm³/mol. The number of methoxy groups -OCH3 is 1. The number of ether oxygens (including phenoxy) is 2. The quantitative estimate of drug-likeness (QED) is 0.309. The molecule has 4 aromatic rings. The van der Waals surface area contributed by atoms with Crippen molar-refractivity contribution in [3.05, 3.63) is 107 Å². The number of hydrogen-bond acceptors (Lipinski definition) is 3. The lowest BCUT2D eigenvalue weighted by atomic mass is 10.0. The normalized spacial score (nSPS) is 10.9. The van der Waals surface area contributed by atoms with E-state index in [1.54, 1.807) is 48.5 Å². The van der Waals surface area contributed by atoms with Crippen molar-refractivity contribution in [3.8, 4) is 33.8 Å². The van der Waals surface area contributed by atoms with E-state index in [9.17, 15) is 17.6 Å². The number of rotatable bonds is 7. The molecule has 0 aromatic heterocycles. The third-order valence-electron chi connectivity index (χ3n) is 5.42. The lowest BCUT2D eigenvalue weighted by Gasteiger charge is -2.12. The van der Waals surface area contributed by atoms with Gasteiger partial charge in [-0.2, -0.15) is 8.78 Å². The van der Waals surface area contributed by atoms with Gasteiger partial charge in [-0.25, -0.2) is 8.78 Å². The highest BCUT2D eigenvalue weighted by Crippen LogP contribution is 2.32. The van der Waals surface area contributed by atoms with Crippen molar-refractivity contribution in [2.75, 3.05) is 7.11 Å². The van der Waals surface area contributed by atoms with Crippen molar-refractivity contribution in [1.82, 2.24) is 0 Å². The minimum atomic E-state index is -1.11. The Bertz CT molecular complexity index is 1300. The summed E-state index contributed by atoms with van der Waals surface area (Å²) in [7, 11) is 1.25. The predicted octanol–water partition coefficient (Wildman–Crippen LogP) is 6.66. The summed E-state index contributed by atoms with van der Waals surface area (Å²) in [6.07, 6.45) is 0. The summed E-state index contributed by atoms with van der Waals surface area (Å²) in [4.78, 5) is 0. The van der Waals surface area contributed by atoms with Crippen molar-refractivity contribution in [1.29, 1.82) is 0 Å². The average molecular weight is 468 g/mol. The number of benzene rings is 4. The molecule has 3 nitrogen and oxygen atoms in total. The Balaban J connectivity index is 1.48. The highest BCUT2D eigenvalue weighted by molar-refractivity contribution is 5.66. The Morgan fingerprint density at radius 2 is 1.06 bits per heavy atom. The van der Waals surface area contributed by atoms with Crippen LogP contribution in [0.15, 0.2) is 72.8 Å². The fourth-order valence-corrected chi connectivity index (χ4v) is 3.51. The van der Waals surface area contributed by atoms with Crippen molar-refractivity contribution >= 4 is 0 Å². The van der Waals surface area contributed by atoms with Gasteiger partial charge in [0.2, 0.25) is 11.6 Å². The van der Waals surface area contributed by atoms with Gasteiger partial charge in [-0.15, -0.1) is 0 Å². The van der Waals surface area contributed by atoms with E-state index in [4.69, 9.17) is 14.6 Å². The van der Waals surface area contributed by atoms with E-state index >= 15 is 0 Å². The standard InChI is InChI=1S/C27H20F4O3/c1-33-22-12-10-20(24(28)26(22)30)19-8-4-17(5-9-19)15-34-23-13-11-21(25(29)27(23)31)18-6-2-16(14-32)3-7-18/h2-13,32H,14-15H2,1H3. The van der Waals surface area contributed by atoms with E-state index in [-0.39, 0.29) is 35.8 Å². The Hall–Kier alpha value is -3.84. The van der Waals surface area contributed by atoms with Gasteiger partial charge in [0, 0.05) is 11.1 Å². The maximum atomic E-state index is 14.6. The molecule has 4 aromatic carbocycles. The largest absolute Gasteiger partial charge is 0.494 e. The zero-order valence-corrected chi connectivity index (χ0v) is 18.1. The van der Waals surface area contributed by atoms with Crippen molar-refractivity contribution in [2.24, 2.45) is 0 Å². The van der Waals surface area contributed by atoms with Crippen molar-refractivity contribution in [3.63, 3.8) is 0 Å². The van der Waals surface area contributed by atoms with Gasteiger partial charge in [0.05, 0.1) is 13.7 Å². The molecule has 0 saturated heterocycles. The summed E-state index contributed by atoms with van der Waals surface area (Å²) in [5, 5.41) is 9.12. The molecule has 0 aliphatic rings. The van der Waals surface area contributed by atoms with Crippen LogP contribution in [-0.4, -0.2) is 12.2 Å². The highest BCUT2D eigenvalue weighted by Gasteiger charge is 2.17. The van der Waals surface area contributed by atoms with Gasteiger partial charge < -0.3 is 14.6 Å².